The van der Waals surface area contributed by atoms with Gasteiger partial charge in [0.2, 0.25) is 5.88 Å². The third kappa shape index (κ3) is 3.10. The Morgan fingerprint density at radius 1 is 1.12 bits per heavy atom. The Morgan fingerprint density at radius 2 is 1.96 bits per heavy atom. The number of aryl methyl sites for hydroxylation is 1. The minimum atomic E-state index is -0.447. The predicted octanol–water partition coefficient (Wildman–Crippen LogP) is 4.63. The number of rotatable bonds is 4. The van der Waals surface area contributed by atoms with Gasteiger partial charge >= 0.3 is 0 Å². The third-order valence-electron chi connectivity index (χ3n) is 4.69. The molecule has 1 aromatic carbocycles. The van der Waals surface area contributed by atoms with Crippen molar-refractivity contribution in [3.8, 4) is 22.9 Å². The van der Waals surface area contributed by atoms with Crippen LogP contribution in [0.25, 0.3) is 11.3 Å². The van der Waals surface area contributed by atoms with Gasteiger partial charge in [0.25, 0.3) is 0 Å². The van der Waals surface area contributed by atoms with Crippen LogP contribution in [-0.2, 0) is 0 Å². The Labute approximate surface area is 151 Å². The smallest absolute Gasteiger partial charge is 0.219 e. The summed E-state index contributed by atoms with van der Waals surface area (Å²) in [6, 6.07) is 9.10. The van der Waals surface area contributed by atoms with Crippen LogP contribution in [0.15, 0.2) is 42.7 Å². The number of nitrogens with two attached hydrogens (primary N) is 1. The Morgan fingerprint density at radius 3 is 2.62 bits per heavy atom. The molecule has 0 aliphatic heterocycles. The van der Waals surface area contributed by atoms with Crippen LogP contribution in [0.4, 0.5) is 10.2 Å². The molecule has 0 saturated heterocycles. The summed E-state index contributed by atoms with van der Waals surface area (Å²) in [7, 11) is 0. The van der Waals surface area contributed by atoms with E-state index in [1.807, 2.05) is 25.1 Å². The summed E-state index contributed by atoms with van der Waals surface area (Å²) in [5.41, 5.74) is 8.02. The number of pyridine rings is 1. The number of aromatic nitrogens is 3. The molecule has 0 amide bonds. The van der Waals surface area contributed by atoms with E-state index >= 15 is 4.39 Å². The first-order valence-corrected chi connectivity index (χ1v) is 8.63. The lowest BCUT2D eigenvalue weighted by atomic mass is 9.79. The van der Waals surface area contributed by atoms with Gasteiger partial charge in [0.15, 0.2) is 11.6 Å². The van der Waals surface area contributed by atoms with Crippen molar-refractivity contribution in [3.05, 3.63) is 59.8 Å². The van der Waals surface area contributed by atoms with Crippen molar-refractivity contribution in [1.82, 2.24) is 15.0 Å². The molecule has 1 fully saturated rings. The summed E-state index contributed by atoms with van der Waals surface area (Å²) in [4.78, 5) is 12.5. The molecule has 1 aliphatic carbocycles. The normalized spacial score (nSPS) is 14.1. The molecule has 0 spiro atoms. The van der Waals surface area contributed by atoms with Crippen molar-refractivity contribution in [2.45, 2.75) is 32.1 Å². The van der Waals surface area contributed by atoms with Gasteiger partial charge < -0.3 is 10.5 Å². The topological polar surface area (TPSA) is 73.9 Å². The summed E-state index contributed by atoms with van der Waals surface area (Å²) >= 11 is 0. The molecule has 0 radical (unpaired) electrons. The molecular weight excluding hydrogens is 331 g/mol. The SMILES string of the molecule is Cc1cccc(Oc2c(C3CCC3)ccc(-c3cnc(N)cn3)c2F)n1. The Kier molecular flexibility index (Phi) is 4.24. The second kappa shape index (κ2) is 6.71. The van der Waals surface area contributed by atoms with E-state index in [-0.39, 0.29) is 5.75 Å². The van der Waals surface area contributed by atoms with Gasteiger partial charge in [-0.25, -0.2) is 14.4 Å². The van der Waals surface area contributed by atoms with Crippen molar-refractivity contribution >= 4 is 5.82 Å². The number of nitrogen functional groups attached to an aromatic ring is 1. The quantitative estimate of drug-likeness (QED) is 0.743. The zero-order valence-electron chi connectivity index (χ0n) is 14.4. The molecule has 2 N–H and O–H groups in total. The van der Waals surface area contributed by atoms with Gasteiger partial charge in [-0.2, -0.15) is 0 Å². The molecule has 4 rings (SSSR count). The number of ether oxygens (including phenoxy) is 1. The molecule has 2 heterocycles. The number of anilines is 1. The molecule has 132 valence electrons. The van der Waals surface area contributed by atoms with E-state index in [0.29, 0.717) is 28.9 Å². The number of halogens is 1. The zero-order chi connectivity index (χ0) is 18.1. The molecule has 26 heavy (non-hydrogen) atoms. The molecule has 3 aromatic rings. The second-order valence-corrected chi connectivity index (χ2v) is 6.52. The van der Waals surface area contributed by atoms with Crippen molar-refractivity contribution in [2.75, 3.05) is 5.73 Å². The van der Waals surface area contributed by atoms with Gasteiger partial charge in [-0.15, -0.1) is 0 Å². The van der Waals surface area contributed by atoms with E-state index in [2.05, 4.69) is 15.0 Å². The molecule has 5 nitrogen and oxygen atoms in total. The maximum Gasteiger partial charge on any atom is 0.219 e. The summed E-state index contributed by atoms with van der Waals surface area (Å²) in [6.45, 7) is 1.87. The molecule has 0 atom stereocenters. The number of nitrogens with zero attached hydrogens (tertiary/aromatic N) is 3. The molecular formula is C20H19FN4O. The van der Waals surface area contributed by atoms with Crippen LogP contribution in [0.1, 0.15) is 36.4 Å². The van der Waals surface area contributed by atoms with Gasteiger partial charge in [-0.1, -0.05) is 18.6 Å². The standard InChI is InChI=1S/C20H19FN4O/c1-12-4-2-7-18(25-12)26-20-14(13-5-3-6-13)8-9-15(19(20)21)16-10-24-17(22)11-23-16/h2,4,7-11,13H,3,5-6H2,1H3,(H2,22,24). The Bertz CT molecular complexity index is 939. The average molecular weight is 350 g/mol. The Balaban J connectivity index is 1.80. The van der Waals surface area contributed by atoms with Gasteiger partial charge in [0, 0.05) is 22.9 Å². The van der Waals surface area contributed by atoms with Gasteiger partial charge in [-0.05, 0) is 37.8 Å². The van der Waals surface area contributed by atoms with Crippen LogP contribution in [0.5, 0.6) is 11.6 Å². The van der Waals surface area contributed by atoms with Crippen LogP contribution >= 0.6 is 0 Å². The van der Waals surface area contributed by atoms with Crippen LogP contribution < -0.4 is 10.5 Å². The van der Waals surface area contributed by atoms with E-state index in [1.54, 1.807) is 12.1 Å². The predicted molar refractivity (Wildman–Crippen MR) is 97.5 cm³/mol. The van der Waals surface area contributed by atoms with Crippen LogP contribution in [0, 0.1) is 12.7 Å². The summed E-state index contributed by atoms with van der Waals surface area (Å²) in [5.74, 6) is 0.766. The maximum atomic E-state index is 15.4. The lowest BCUT2D eigenvalue weighted by Gasteiger charge is -2.28. The lowest BCUT2D eigenvalue weighted by Crippen LogP contribution is -2.11. The van der Waals surface area contributed by atoms with Crippen molar-refractivity contribution in [1.29, 1.82) is 0 Å². The van der Waals surface area contributed by atoms with E-state index in [1.165, 1.54) is 12.4 Å². The molecule has 2 aromatic heterocycles. The molecule has 1 saturated carbocycles. The second-order valence-electron chi connectivity index (χ2n) is 6.52. The van der Waals surface area contributed by atoms with Crippen LogP contribution in [0.3, 0.4) is 0 Å². The highest BCUT2D eigenvalue weighted by Crippen LogP contribution is 2.44. The minimum absolute atomic E-state index is 0.226. The number of hydrogen-bond donors (Lipinski definition) is 1. The largest absolute Gasteiger partial charge is 0.436 e. The van der Waals surface area contributed by atoms with Gasteiger partial charge in [-0.3, -0.25) is 4.98 Å². The first-order chi connectivity index (χ1) is 12.6. The fraction of sp³-hybridized carbons (Fsp3) is 0.250. The Hall–Kier alpha value is -3.02. The van der Waals surface area contributed by atoms with Gasteiger partial charge in [0.05, 0.1) is 18.1 Å². The molecule has 0 unspecified atom stereocenters. The fourth-order valence-electron chi connectivity index (χ4n) is 3.07. The fourth-order valence-corrected chi connectivity index (χ4v) is 3.07. The highest BCUT2D eigenvalue weighted by molar-refractivity contribution is 5.64. The maximum absolute atomic E-state index is 15.4. The van der Waals surface area contributed by atoms with Crippen molar-refractivity contribution in [3.63, 3.8) is 0 Å². The summed E-state index contributed by atoms with van der Waals surface area (Å²) < 4.78 is 21.3. The number of hydrogen-bond acceptors (Lipinski definition) is 5. The lowest BCUT2D eigenvalue weighted by molar-refractivity contribution is 0.378. The summed E-state index contributed by atoms with van der Waals surface area (Å²) in [6.07, 6.45) is 6.11. The van der Waals surface area contributed by atoms with Crippen molar-refractivity contribution in [2.24, 2.45) is 0 Å². The molecule has 6 heteroatoms. The van der Waals surface area contributed by atoms with Crippen LogP contribution in [-0.4, -0.2) is 15.0 Å². The zero-order valence-corrected chi connectivity index (χ0v) is 14.4. The highest BCUT2D eigenvalue weighted by atomic mass is 19.1. The third-order valence-corrected chi connectivity index (χ3v) is 4.69. The highest BCUT2D eigenvalue weighted by Gasteiger charge is 2.27. The first kappa shape index (κ1) is 16.4. The molecule has 1 aliphatic rings. The number of benzene rings is 1. The van der Waals surface area contributed by atoms with Gasteiger partial charge in [0.1, 0.15) is 5.82 Å². The minimum Gasteiger partial charge on any atom is -0.436 e. The van der Waals surface area contributed by atoms with Crippen molar-refractivity contribution < 1.29 is 9.13 Å². The van der Waals surface area contributed by atoms with E-state index in [0.717, 1.165) is 30.5 Å². The van der Waals surface area contributed by atoms with E-state index < -0.39 is 5.82 Å². The van der Waals surface area contributed by atoms with E-state index in [4.69, 9.17) is 10.5 Å². The van der Waals surface area contributed by atoms with Crippen LogP contribution in [0.2, 0.25) is 0 Å². The molecule has 0 bridgehead atoms. The monoisotopic (exact) mass is 350 g/mol. The first-order valence-electron chi connectivity index (χ1n) is 8.63. The summed E-state index contributed by atoms with van der Waals surface area (Å²) in [5, 5.41) is 0. The van der Waals surface area contributed by atoms with E-state index in [9.17, 15) is 0 Å². The average Bonchev–Trinajstić information content (AvgIpc) is 2.58.